The molecule has 0 radical (unpaired) electrons. The molecule has 1 fully saturated rings. The van der Waals surface area contributed by atoms with Crippen LogP contribution in [0.3, 0.4) is 0 Å². The Morgan fingerprint density at radius 3 is 2.86 bits per heavy atom. The smallest absolute Gasteiger partial charge is 0.309 e. The normalized spacial score (nSPS) is 24.4. The number of esters is 1. The number of ether oxygens (including phenoxy) is 1. The summed E-state index contributed by atoms with van der Waals surface area (Å²) in [5, 5.41) is 0. The minimum atomic E-state index is -0.141. The lowest BCUT2D eigenvalue weighted by Crippen LogP contribution is -2.04. The molecule has 1 heterocycles. The molecule has 74 valence electrons. The fourth-order valence-electron chi connectivity index (χ4n) is 1.53. The van der Waals surface area contributed by atoms with Crippen LogP contribution in [-0.2, 0) is 9.53 Å². The van der Waals surface area contributed by atoms with Crippen molar-refractivity contribution in [3.63, 3.8) is 0 Å². The van der Waals surface area contributed by atoms with Crippen molar-refractivity contribution < 1.29 is 9.53 Å². The van der Waals surface area contributed by atoms with Crippen LogP contribution < -0.4 is 0 Å². The molecule has 4 heteroatoms. The van der Waals surface area contributed by atoms with Gasteiger partial charge in [-0.1, -0.05) is 0 Å². The summed E-state index contributed by atoms with van der Waals surface area (Å²) in [4.78, 5) is 19.5. The van der Waals surface area contributed by atoms with E-state index in [-0.39, 0.29) is 17.8 Å². The molecule has 1 saturated carbocycles. The first-order chi connectivity index (χ1) is 6.72. The number of carbonyl (C=O) groups is 1. The number of aromatic nitrogens is 2. The van der Waals surface area contributed by atoms with Crippen LogP contribution in [0.5, 0.6) is 0 Å². The van der Waals surface area contributed by atoms with Gasteiger partial charge in [-0.05, 0) is 13.3 Å². The summed E-state index contributed by atoms with van der Waals surface area (Å²) in [6.07, 6.45) is 4.30. The van der Waals surface area contributed by atoms with E-state index in [1.165, 1.54) is 7.11 Å². The first-order valence-electron chi connectivity index (χ1n) is 4.58. The van der Waals surface area contributed by atoms with Gasteiger partial charge < -0.3 is 4.74 Å². The standard InChI is InChI=1S/C10H12N2O2/c1-6-4-12-9(5-11-6)7-3-8(7)10(13)14-2/h4-5,7-8H,3H2,1-2H3. The van der Waals surface area contributed by atoms with Crippen LogP contribution in [0, 0.1) is 12.8 Å². The zero-order chi connectivity index (χ0) is 10.1. The molecule has 0 saturated heterocycles. The van der Waals surface area contributed by atoms with E-state index in [0.29, 0.717) is 0 Å². The molecule has 1 aliphatic rings. The van der Waals surface area contributed by atoms with Gasteiger partial charge in [0.1, 0.15) is 0 Å². The number of hydrogen-bond acceptors (Lipinski definition) is 4. The number of aryl methyl sites for hydroxylation is 1. The molecule has 1 aromatic heterocycles. The predicted octanol–water partition coefficient (Wildman–Crippen LogP) is 1.06. The number of nitrogens with zero attached hydrogens (tertiary/aromatic N) is 2. The molecule has 0 amide bonds. The molecular weight excluding hydrogens is 180 g/mol. The van der Waals surface area contributed by atoms with Gasteiger partial charge in [-0.2, -0.15) is 0 Å². The van der Waals surface area contributed by atoms with Crippen LogP contribution in [0.25, 0.3) is 0 Å². The second kappa shape index (κ2) is 3.36. The highest BCUT2D eigenvalue weighted by Gasteiger charge is 2.46. The average molecular weight is 192 g/mol. The molecule has 0 N–H and O–H groups in total. The minimum absolute atomic E-state index is 0.00277. The van der Waals surface area contributed by atoms with Gasteiger partial charge in [0.25, 0.3) is 0 Å². The van der Waals surface area contributed by atoms with E-state index in [0.717, 1.165) is 17.8 Å². The minimum Gasteiger partial charge on any atom is -0.469 e. The zero-order valence-corrected chi connectivity index (χ0v) is 8.23. The van der Waals surface area contributed by atoms with E-state index in [1.54, 1.807) is 12.4 Å². The highest BCUT2D eigenvalue weighted by Crippen LogP contribution is 2.46. The van der Waals surface area contributed by atoms with E-state index in [2.05, 4.69) is 14.7 Å². The third-order valence-corrected chi connectivity index (χ3v) is 2.48. The van der Waals surface area contributed by atoms with E-state index >= 15 is 0 Å². The lowest BCUT2D eigenvalue weighted by atomic mass is 10.2. The highest BCUT2D eigenvalue weighted by atomic mass is 16.5. The molecular formula is C10H12N2O2. The van der Waals surface area contributed by atoms with Crippen molar-refractivity contribution in [2.75, 3.05) is 7.11 Å². The first kappa shape index (κ1) is 9.12. The van der Waals surface area contributed by atoms with Gasteiger partial charge >= 0.3 is 5.97 Å². The molecule has 0 aliphatic heterocycles. The topological polar surface area (TPSA) is 52.1 Å². The maximum absolute atomic E-state index is 11.2. The maximum atomic E-state index is 11.2. The monoisotopic (exact) mass is 192 g/mol. The molecule has 1 aliphatic carbocycles. The summed E-state index contributed by atoms with van der Waals surface area (Å²) < 4.78 is 4.66. The van der Waals surface area contributed by atoms with Crippen molar-refractivity contribution in [2.24, 2.45) is 5.92 Å². The Balaban J connectivity index is 2.06. The van der Waals surface area contributed by atoms with Gasteiger partial charge in [0.15, 0.2) is 0 Å². The first-order valence-corrected chi connectivity index (χ1v) is 4.58. The van der Waals surface area contributed by atoms with Gasteiger partial charge in [0.05, 0.1) is 24.4 Å². The van der Waals surface area contributed by atoms with Crippen LogP contribution in [-0.4, -0.2) is 23.0 Å². The van der Waals surface area contributed by atoms with Crippen molar-refractivity contribution >= 4 is 5.97 Å². The van der Waals surface area contributed by atoms with E-state index in [4.69, 9.17) is 0 Å². The third-order valence-electron chi connectivity index (χ3n) is 2.48. The SMILES string of the molecule is COC(=O)C1CC1c1cnc(C)cn1. The second-order valence-electron chi connectivity index (χ2n) is 3.55. The lowest BCUT2D eigenvalue weighted by Gasteiger charge is -1.98. The van der Waals surface area contributed by atoms with Gasteiger partial charge in [0, 0.05) is 18.3 Å². The van der Waals surface area contributed by atoms with Crippen molar-refractivity contribution in [3.05, 3.63) is 23.8 Å². The second-order valence-corrected chi connectivity index (χ2v) is 3.55. The largest absolute Gasteiger partial charge is 0.469 e. The highest BCUT2D eigenvalue weighted by molar-refractivity contribution is 5.76. The summed E-state index contributed by atoms with van der Waals surface area (Å²) in [7, 11) is 1.42. The van der Waals surface area contributed by atoms with Crippen molar-refractivity contribution in [3.8, 4) is 0 Å². The predicted molar refractivity (Wildman–Crippen MR) is 49.6 cm³/mol. The van der Waals surface area contributed by atoms with Crippen LogP contribution >= 0.6 is 0 Å². The lowest BCUT2D eigenvalue weighted by molar-refractivity contribution is -0.142. The van der Waals surface area contributed by atoms with Crippen LogP contribution in [0.2, 0.25) is 0 Å². The summed E-state index contributed by atoms with van der Waals surface area (Å²) in [5.74, 6) is 0.0740. The van der Waals surface area contributed by atoms with Gasteiger partial charge in [-0.25, -0.2) is 0 Å². The Labute approximate surface area is 82.3 Å². The molecule has 0 spiro atoms. The molecule has 4 nitrogen and oxygen atoms in total. The average Bonchev–Trinajstić information content (AvgIpc) is 2.98. The Hall–Kier alpha value is -1.45. The number of carbonyl (C=O) groups excluding carboxylic acids is 1. The fourth-order valence-corrected chi connectivity index (χ4v) is 1.53. The van der Waals surface area contributed by atoms with Gasteiger partial charge in [-0.3, -0.25) is 14.8 Å². The Kier molecular flexibility index (Phi) is 2.19. The summed E-state index contributed by atoms with van der Waals surface area (Å²) in [5.41, 5.74) is 1.79. The van der Waals surface area contributed by atoms with Crippen molar-refractivity contribution in [2.45, 2.75) is 19.3 Å². The molecule has 2 atom stereocenters. The Bertz CT molecular complexity index is 348. The van der Waals surface area contributed by atoms with Crippen LogP contribution in [0.1, 0.15) is 23.7 Å². The van der Waals surface area contributed by atoms with Gasteiger partial charge in [-0.15, -0.1) is 0 Å². The van der Waals surface area contributed by atoms with Gasteiger partial charge in [0.2, 0.25) is 0 Å². The summed E-state index contributed by atoms with van der Waals surface area (Å²) in [6, 6.07) is 0. The third kappa shape index (κ3) is 1.60. The Morgan fingerprint density at radius 2 is 2.29 bits per heavy atom. The molecule has 2 rings (SSSR count). The quantitative estimate of drug-likeness (QED) is 0.657. The molecule has 1 aromatic rings. The summed E-state index contributed by atoms with van der Waals surface area (Å²) >= 11 is 0. The fraction of sp³-hybridized carbons (Fsp3) is 0.500. The molecule has 0 aromatic carbocycles. The van der Waals surface area contributed by atoms with E-state index < -0.39 is 0 Å². The number of methoxy groups -OCH3 is 1. The summed E-state index contributed by atoms with van der Waals surface area (Å²) in [6.45, 7) is 1.89. The number of hydrogen-bond donors (Lipinski definition) is 0. The molecule has 0 bridgehead atoms. The maximum Gasteiger partial charge on any atom is 0.309 e. The Morgan fingerprint density at radius 1 is 1.50 bits per heavy atom. The zero-order valence-electron chi connectivity index (χ0n) is 8.23. The van der Waals surface area contributed by atoms with Crippen LogP contribution in [0.15, 0.2) is 12.4 Å². The van der Waals surface area contributed by atoms with E-state index in [1.807, 2.05) is 6.92 Å². The molecule has 2 unspecified atom stereocenters. The number of rotatable bonds is 2. The van der Waals surface area contributed by atoms with Crippen molar-refractivity contribution in [1.82, 2.24) is 9.97 Å². The van der Waals surface area contributed by atoms with E-state index in [9.17, 15) is 4.79 Å². The van der Waals surface area contributed by atoms with Crippen molar-refractivity contribution in [1.29, 1.82) is 0 Å². The van der Waals surface area contributed by atoms with Crippen LogP contribution in [0.4, 0.5) is 0 Å². The molecule has 14 heavy (non-hydrogen) atoms.